The van der Waals surface area contributed by atoms with Gasteiger partial charge in [0.15, 0.2) is 0 Å². The molecule has 0 fully saturated rings. The van der Waals surface area contributed by atoms with Gasteiger partial charge in [0.2, 0.25) is 0 Å². The molecule has 0 unspecified atom stereocenters. The van der Waals surface area contributed by atoms with E-state index in [1.54, 1.807) is 0 Å². The summed E-state index contributed by atoms with van der Waals surface area (Å²) in [5, 5.41) is 6.55. The van der Waals surface area contributed by atoms with E-state index in [-0.39, 0.29) is 11.3 Å². The minimum atomic E-state index is -0.512. The number of hydrogen-bond donors (Lipinski definition) is 2. The number of amides is 1. The highest BCUT2D eigenvalue weighted by Gasteiger charge is 2.11. The number of aromatic nitrogens is 2. The summed E-state index contributed by atoms with van der Waals surface area (Å²) in [6.07, 6.45) is 1.40. The molecule has 5 nitrogen and oxygen atoms in total. The van der Waals surface area contributed by atoms with Gasteiger partial charge in [-0.1, -0.05) is 4.49 Å². The zero-order valence-electron chi connectivity index (χ0n) is 7.98. The van der Waals surface area contributed by atoms with Crippen molar-refractivity contribution in [1.82, 2.24) is 9.59 Å². The number of hydrogen-bond acceptors (Lipinski definition) is 5. The van der Waals surface area contributed by atoms with E-state index < -0.39 is 11.7 Å². The SMILES string of the molecule is Nc1ccc(F)cc1C(=O)Nc1cnns1. The first kappa shape index (κ1) is 10.5. The fraction of sp³-hybridized carbons (Fsp3) is 0. The van der Waals surface area contributed by atoms with E-state index in [4.69, 9.17) is 5.73 Å². The Morgan fingerprint density at radius 3 is 3.00 bits per heavy atom. The summed E-state index contributed by atoms with van der Waals surface area (Å²) in [6.45, 7) is 0. The van der Waals surface area contributed by atoms with Crippen LogP contribution in [0.5, 0.6) is 0 Å². The second-order valence-electron chi connectivity index (χ2n) is 2.97. The smallest absolute Gasteiger partial charge is 0.258 e. The number of nitrogen functional groups attached to an aromatic ring is 1. The summed E-state index contributed by atoms with van der Waals surface area (Å²) < 4.78 is 16.5. The Morgan fingerprint density at radius 2 is 2.31 bits per heavy atom. The van der Waals surface area contributed by atoms with Crippen LogP contribution in [0.25, 0.3) is 0 Å². The van der Waals surface area contributed by atoms with E-state index in [0.29, 0.717) is 5.00 Å². The van der Waals surface area contributed by atoms with Crippen molar-refractivity contribution in [3.05, 3.63) is 35.8 Å². The molecule has 16 heavy (non-hydrogen) atoms. The number of nitrogens with two attached hydrogens (primary N) is 1. The first-order chi connectivity index (χ1) is 7.66. The molecule has 0 aliphatic heterocycles. The van der Waals surface area contributed by atoms with Crippen LogP contribution in [0.1, 0.15) is 10.4 Å². The van der Waals surface area contributed by atoms with Gasteiger partial charge in [0.1, 0.15) is 10.8 Å². The molecule has 0 radical (unpaired) electrons. The maximum atomic E-state index is 12.9. The van der Waals surface area contributed by atoms with Crippen LogP contribution in [0.15, 0.2) is 24.4 Å². The van der Waals surface area contributed by atoms with Crippen LogP contribution in [0.4, 0.5) is 15.1 Å². The zero-order valence-corrected chi connectivity index (χ0v) is 8.79. The van der Waals surface area contributed by atoms with Crippen molar-refractivity contribution in [2.75, 3.05) is 11.1 Å². The molecule has 1 amide bonds. The third kappa shape index (κ3) is 2.14. The van der Waals surface area contributed by atoms with Crippen LogP contribution in [0.2, 0.25) is 0 Å². The van der Waals surface area contributed by atoms with E-state index >= 15 is 0 Å². The van der Waals surface area contributed by atoms with Crippen molar-refractivity contribution < 1.29 is 9.18 Å². The van der Waals surface area contributed by atoms with E-state index in [9.17, 15) is 9.18 Å². The van der Waals surface area contributed by atoms with E-state index in [2.05, 4.69) is 14.9 Å². The summed E-state index contributed by atoms with van der Waals surface area (Å²) in [5.74, 6) is -0.996. The van der Waals surface area contributed by atoms with Crippen molar-refractivity contribution in [3.8, 4) is 0 Å². The summed E-state index contributed by atoms with van der Waals surface area (Å²) in [7, 11) is 0. The molecule has 1 heterocycles. The van der Waals surface area contributed by atoms with Crippen LogP contribution in [0.3, 0.4) is 0 Å². The highest BCUT2D eigenvalue weighted by Crippen LogP contribution is 2.16. The maximum Gasteiger partial charge on any atom is 0.258 e. The molecule has 0 saturated heterocycles. The first-order valence-corrected chi connectivity index (χ1v) is 5.08. The number of nitrogens with zero attached hydrogens (tertiary/aromatic N) is 2. The van der Waals surface area contributed by atoms with Crippen molar-refractivity contribution in [2.24, 2.45) is 0 Å². The van der Waals surface area contributed by atoms with Crippen LogP contribution in [-0.4, -0.2) is 15.5 Å². The minimum Gasteiger partial charge on any atom is -0.398 e. The minimum absolute atomic E-state index is 0.0911. The number of carbonyl (C=O) groups excluding carboxylic acids is 1. The standard InChI is InChI=1S/C9H7FN4OS/c10-5-1-2-7(11)6(3-5)9(15)13-8-4-12-14-16-8/h1-4H,11H2,(H,13,15). The average Bonchev–Trinajstić information content (AvgIpc) is 2.74. The highest BCUT2D eigenvalue weighted by atomic mass is 32.1. The summed E-state index contributed by atoms with van der Waals surface area (Å²) >= 11 is 1.03. The maximum absolute atomic E-state index is 12.9. The molecule has 0 saturated carbocycles. The molecule has 0 aliphatic carbocycles. The quantitative estimate of drug-likeness (QED) is 0.777. The number of rotatable bonds is 2. The molecule has 2 aromatic rings. The fourth-order valence-electron chi connectivity index (χ4n) is 1.13. The number of nitrogens with one attached hydrogen (secondary N) is 1. The van der Waals surface area contributed by atoms with Gasteiger partial charge in [-0.3, -0.25) is 4.79 Å². The second-order valence-corrected chi connectivity index (χ2v) is 3.75. The van der Waals surface area contributed by atoms with Gasteiger partial charge in [0.05, 0.1) is 11.8 Å². The topological polar surface area (TPSA) is 80.9 Å². The first-order valence-electron chi connectivity index (χ1n) is 4.30. The molecule has 0 atom stereocenters. The molecule has 0 spiro atoms. The predicted molar refractivity (Wildman–Crippen MR) is 58.7 cm³/mol. The molecule has 0 bridgehead atoms. The Balaban J connectivity index is 2.24. The summed E-state index contributed by atoms with van der Waals surface area (Å²) in [5.41, 5.74) is 5.87. The number of anilines is 2. The Morgan fingerprint density at radius 1 is 1.50 bits per heavy atom. The molecule has 7 heteroatoms. The van der Waals surface area contributed by atoms with Crippen LogP contribution in [-0.2, 0) is 0 Å². The van der Waals surface area contributed by atoms with Gasteiger partial charge in [-0.2, -0.15) is 0 Å². The molecule has 1 aromatic heterocycles. The van der Waals surface area contributed by atoms with Crippen molar-refractivity contribution in [3.63, 3.8) is 0 Å². The van der Waals surface area contributed by atoms with Gasteiger partial charge < -0.3 is 11.1 Å². The van der Waals surface area contributed by atoms with Gasteiger partial charge in [-0.05, 0) is 18.2 Å². The van der Waals surface area contributed by atoms with Crippen LogP contribution >= 0.6 is 11.5 Å². The lowest BCUT2D eigenvalue weighted by atomic mass is 10.1. The van der Waals surface area contributed by atoms with Crippen molar-refractivity contribution >= 4 is 28.1 Å². The third-order valence-corrected chi connectivity index (χ3v) is 2.44. The Kier molecular flexibility index (Phi) is 2.78. The lowest BCUT2D eigenvalue weighted by Gasteiger charge is -2.04. The Labute approximate surface area is 94.3 Å². The lowest BCUT2D eigenvalue weighted by molar-refractivity contribution is 0.102. The number of benzene rings is 1. The number of halogens is 1. The monoisotopic (exact) mass is 238 g/mol. The van der Waals surface area contributed by atoms with Crippen LogP contribution in [0, 0.1) is 5.82 Å². The fourth-order valence-corrected chi connectivity index (χ4v) is 1.54. The molecule has 1 aromatic carbocycles. The normalized spacial score (nSPS) is 10.1. The van der Waals surface area contributed by atoms with E-state index in [1.165, 1.54) is 18.3 Å². The average molecular weight is 238 g/mol. The molecular weight excluding hydrogens is 231 g/mol. The molecule has 3 N–H and O–H groups in total. The van der Waals surface area contributed by atoms with Crippen molar-refractivity contribution in [2.45, 2.75) is 0 Å². The highest BCUT2D eigenvalue weighted by molar-refractivity contribution is 7.10. The summed E-state index contributed by atoms with van der Waals surface area (Å²) in [6, 6.07) is 3.62. The number of carbonyl (C=O) groups is 1. The predicted octanol–water partition coefficient (Wildman–Crippen LogP) is 1.51. The lowest BCUT2D eigenvalue weighted by Crippen LogP contribution is -2.13. The molecule has 2 rings (SSSR count). The van der Waals surface area contributed by atoms with Gasteiger partial charge in [-0.25, -0.2) is 4.39 Å². The van der Waals surface area contributed by atoms with Crippen LogP contribution < -0.4 is 11.1 Å². The molecule has 82 valence electrons. The van der Waals surface area contributed by atoms with E-state index in [1.807, 2.05) is 0 Å². The van der Waals surface area contributed by atoms with Gasteiger partial charge in [-0.15, -0.1) is 5.10 Å². The van der Waals surface area contributed by atoms with Crippen molar-refractivity contribution in [1.29, 1.82) is 0 Å². The van der Waals surface area contributed by atoms with Gasteiger partial charge >= 0.3 is 0 Å². The zero-order chi connectivity index (χ0) is 11.5. The Bertz CT molecular complexity index is 514. The third-order valence-electron chi connectivity index (χ3n) is 1.86. The van der Waals surface area contributed by atoms with Gasteiger partial charge in [0.25, 0.3) is 5.91 Å². The van der Waals surface area contributed by atoms with Gasteiger partial charge in [0, 0.05) is 17.2 Å². The molecule has 0 aliphatic rings. The second kappa shape index (κ2) is 4.23. The Hall–Kier alpha value is -2.02. The largest absolute Gasteiger partial charge is 0.398 e. The summed E-state index contributed by atoms with van der Waals surface area (Å²) in [4.78, 5) is 11.7. The molecular formula is C9H7FN4OS. The van der Waals surface area contributed by atoms with E-state index in [0.717, 1.165) is 17.6 Å².